The van der Waals surface area contributed by atoms with Crippen molar-refractivity contribution in [2.45, 2.75) is 19.8 Å². The standard InChI is InChI=1S/C11H9N3O2/c1-6(2)10-8(3-12)9-11(16-10)13-4-7(5-15)14-9/h4-6H,1-2H3. The minimum Gasteiger partial charge on any atom is -0.440 e. The van der Waals surface area contributed by atoms with Crippen LogP contribution >= 0.6 is 0 Å². The molecule has 0 atom stereocenters. The first-order valence-electron chi connectivity index (χ1n) is 4.82. The molecule has 16 heavy (non-hydrogen) atoms. The van der Waals surface area contributed by atoms with Crippen LogP contribution in [0.3, 0.4) is 0 Å². The molecule has 0 spiro atoms. The predicted octanol–water partition coefficient (Wildman–Crippen LogP) is 2.03. The number of carbonyl (C=O) groups excluding carboxylic acids is 1. The second-order valence-corrected chi connectivity index (χ2v) is 3.67. The summed E-state index contributed by atoms with van der Waals surface area (Å²) in [5.41, 5.74) is 1.21. The summed E-state index contributed by atoms with van der Waals surface area (Å²) in [5.74, 6) is 0.630. The van der Waals surface area contributed by atoms with Crippen molar-refractivity contribution in [3.63, 3.8) is 0 Å². The third kappa shape index (κ3) is 1.44. The number of furan rings is 1. The lowest BCUT2D eigenvalue weighted by atomic mass is 10.1. The summed E-state index contributed by atoms with van der Waals surface area (Å²) in [6.45, 7) is 3.83. The molecule has 5 nitrogen and oxygen atoms in total. The molecule has 2 heterocycles. The Kier molecular flexibility index (Phi) is 2.41. The number of hydrogen-bond donors (Lipinski definition) is 0. The number of aldehydes is 1. The fraction of sp³-hybridized carbons (Fsp3) is 0.273. The molecular formula is C11H9N3O2. The first-order chi connectivity index (χ1) is 7.67. The van der Waals surface area contributed by atoms with Gasteiger partial charge in [0, 0.05) is 5.92 Å². The maximum Gasteiger partial charge on any atom is 0.246 e. The van der Waals surface area contributed by atoms with E-state index in [9.17, 15) is 4.79 Å². The normalized spacial score (nSPS) is 10.6. The van der Waals surface area contributed by atoms with E-state index in [1.165, 1.54) is 6.20 Å². The van der Waals surface area contributed by atoms with E-state index < -0.39 is 0 Å². The van der Waals surface area contributed by atoms with E-state index in [1.54, 1.807) is 0 Å². The predicted molar refractivity (Wildman–Crippen MR) is 56.0 cm³/mol. The molecule has 0 saturated heterocycles. The minimum absolute atomic E-state index is 0.0744. The maximum atomic E-state index is 10.6. The Morgan fingerprint density at radius 2 is 2.31 bits per heavy atom. The highest BCUT2D eigenvalue weighted by molar-refractivity contribution is 5.82. The van der Waals surface area contributed by atoms with Crippen molar-refractivity contribution in [2.24, 2.45) is 0 Å². The lowest BCUT2D eigenvalue weighted by molar-refractivity contribution is 0.111. The molecule has 0 aromatic carbocycles. The number of aromatic nitrogens is 2. The van der Waals surface area contributed by atoms with Crippen molar-refractivity contribution in [3.05, 3.63) is 23.2 Å². The summed E-state index contributed by atoms with van der Waals surface area (Å²) in [6.07, 6.45) is 1.92. The van der Waals surface area contributed by atoms with Gasteiger partial charge in [-0.05, 0) is 0 Å². The van der Waals surface area contributed by atoms with Crippen LogP contribution < -0.4 is 0 Å². The van der Waals surface area contributed by atoms with E-state index in [0.29, 0.717) is 28.8 Å². The molecule has 2 rings (SSSR count). The topological polar surface area (TPSA) is 79.8 Å². The molecule has 0 amide bonds. The molecule has 0 aliphatic carbocycles. The van der Waals surface area contributed by atoms with E-state index >= 15 is 0 Å². The zero-order valence-corrected chi connectivity index (χ0v) is 8.89. The number of rotatable bonds is 2. The lowest BCUT2D eigenvalue weighted by Crippen LogP contribution is -1.90. The molecule has 5 heteroatoms. The molecule has 0 N–H and O–H groups in total. The van der Waals surface area contributed by atoms with Gasteiger partial charge in [-0.3, -0.25) is 4.79 Å². The third-order valence-electron chi connectivity index (χ3n) is 2.20. The molecule has 0 aliphatic rings. The Balaban J connectivity index is 2.79. The number of fused-ring (bicyclic) bond motifs is 1. The van der Waals surface area contributed by atoms with E-state index in [0.717, 1.165) is 0 Å². The van der Waals surface area contributed by atoms with Crippen molar-refractivity contribution in [3.8, 4) is 6.07 Å². The van der Waals surface area contributed by atoms with Gasteiger partial charge in [-0.2, -0.15) is 5.26 Å². The van der Waals surface area contributed by atoms with Crippen LogP contribution in [0.25, 0.3) is 11.2 Å². The minimum atomic E-state index is 0.0744. The number of nitrogens with zero attached hydrogens (tertiary/aromatic N) is 3. The Bertz CT molecular complexity index is 593. The summed E-state index contributed by atoms with van der Waals surface area (Å²) in [7, 11) is 0. The summed E-state index contributed by atoms with van der Waals surface area (Å²) < 4.78 is 5.44. The Hall–Kier alpha value is -2.22. The molecule has 0 saturated carbocycles. The van der Waals surface area contributed by atoms with Gasteiger partial charge in [-0.1, -0.05) is 13.8 Å². The van der Waals surface area contributed by atoms with Crippen LogP contribution in [0.1, 0.15) is 41.6 Å². The van der Waals surface area contributed by atoms with Crippen LogP contribution in [0.15, 0.2) is 10.6 Å². The van der Waals surface area contributed by atoms with Crippen LogP contribution in [-0.2, 0) is 0 Å². The molecule has 0 radical (unpaired) electrons. The van der Waals surface area contributed by atoms with Crippen molar-refractivity contribution in [1.82, 2.24) is 9.97 Å². The average molecular weight is 215 g/mol. The van der Waals surface area contributed by atoms with Gasteiger partial charge in [0.05, 0.1) is 6.20 Å². The Morgan fingerprint density at radius 1 is 1.56 bits per heavy atom. The molecule has 0 bridgehead atoms. The zero-order chi connectivity index (χ0) is 11.7. The number of hydrogen-bond acceptors (Lipinski definition) is 5. The molecule has 0 aliphatic heterocycles. The SMILES string of the molecule is CC(C)c1oc2ncc(C=O)nc2c1C#N. The van der Waals surface area contributed by atoms with Crippen LogP contribution in [0, 0.1) is 11.3 Å². The van der Waals surface area contributed by atoms with Gasteiger partial charge in [-0.25, -0.2) is 9.97 Å². The van der Waals surface area contributed by atoms with Gasteiger partial charge in [-0.15, -0.1) is 0 Å². The average Bonchev–Trinajstić information content (AvgIpc) is 2.66. The second-order valence-electron chi connectivity index (χ2n) is 3.67. The van der Waals surface area contributed by atoms with Gasteiger partial charge in [0.2, 0.25) is 5.71 Å². The second kappa shape index (κ2) is 3.74. The zero-order valence-electron chi connectivity index (χ0n) is 8.89. The monoisotopic (exact) mass is 215 g/mol. The van der Waals surface area contributed by atoms with Crippen molar-refractivity contribution in [1.29, 1.82) is 5.26 Å². The first-order valence-corrected chi connectivity index (χ1v) is 4.82. The van der Waals surface area contributed by atoms with Gasteiger partial charge >= 0.3 is 0 Å². The van der Waals surface area contributed by atoms with E-state index in [1.807, 2.05) is 19.9 Å². The van der Waals surface area contributed by atoms with Crippen LogP contribution in [0.4, 0.5) is 0 Å². The Morgan fingerprint density at radius 3 is 2.88 bits per heavy atom. The molecule has 80 valence electrons. The first kappa shape index (κ1) is 10.3. The van der Waals surface area contributed by atoms with Gasteiger partial charge in [0.25, 0.3) is 0 Å². The molecule has 2 aromatic rings. The van der Waals surface area contributed by atoms with Crippen molar-refractivity contribution < 1.29 is 9.21 Å². The van der Waals surface area contributed by atoms with Gasteiger partial charge in [0.1, 0.15) is 28.6 Å². The van der Waals surface area contributed by atoms with Gasteiger partial charge in [0.15, 0.2) is 6.29 Å². The smallest absolute Gasteiger partial charge is 0.246 e. The van der Waals surface area contributed by atoms with Crippen LogP contribution in [0.2, 0.25) is 0 Å². The summed E-state index contributed by atoms with van der Waals surface area (Å²) in [4.78, 5) is 18.5. The van der Waals surface area contributed by atoms with E-state index in [-0.39, 0.29) is 11.6 Å². The fourth-order valence-electron chi connectivity index (χ4n) is 1.47. The fourth-order valence-corrected chi connectivity index (χ4v) is 1.47. The number of carbonyl (C=O) groups is 1. The number of nitriles is 1. The largest absolute Gasteiger partial charge is 0.440 e. The van der Waals surface area contributed by atoms with Crippen molar-refractivity contribution in [2.75, 3.05) is 0 Å². The quantitative estimate of drug-likeness (QED) is 0.716. The highest BCUT2D eigenvalue weighted by atomic mass is 16.3. The van der Waals surface area contributed by atoms with Crippen molar-refractivity contribution >= 4 is 17.5 Å². The summed E-state index contributed by atoms with van der Waals surface area (Å²) in [5, 5.41) is 9.05. The Labute approximate surface area is 91.7 Å². The van der Waals surface area contributed by atoms with E-state index in [4.69, 9.17) is 9.68 Å². The molecule has 0 fully saturated rings. The summed E-state index contributed by atoms with van der Waals surface area (Å²) in [6, 6.07) is 2.04. The van der Waals surface area contributed by atoms with Gasteiger partial charge < -0.3 is 4.42 Å². The molecule has 2 aromatic heterocycles. The lowest BCUT2D eigenvalue weighted by Gasteiger charge is -1.97. The van der Waals surface area contributed by atoms with Crippen LogP contribution in [-0.4, -0.2) is 16.3 Å². The summed E-state index contributed by atoms with van der Waals surface area (Å²) >= 11 is 0. The van der Waals surface area contributed by atoms with E-state index in [2.05, 4.69) is 9.97 Å². The third-order valence-corrected chi connectivity index (χ3v) is 2.20. The molecular weight excluding hydrogens is 206 g/mol. The van der Waals surface area contributed by atoms with Crippen LogP contribution in [0.5, 0.6) is 0 Å². The highest BCUT2D eigenvalue weighted by Gasteiger charge is 2.19. The molecule has 0 unspecified atom stereocenters. The maximum absolute atomic E-state index is 10.6. The highest BCUT2D eigenvalue weighted by Crippen LogP contribution is 2.27.